The molecule has 3 aromatic carbocycles. The zero-order valence-corrected chi connectivity index (χ0v) is 19.9. The lowest BCUT2D eigenvalue weighted by Gasteiger charge is -2.23. The maximum absolute atomic E-state index is 13.6. The molecule has 10 heteroatoms. The predicted octanol–water partition coefficient (Wildman–Crippen LogP) is 5.92. The van der Waals surface area contributed by atoms with Crippen molar-refractivity contribution in [2.75, 3.05) is 11.9 Å². The van der Waals surface area contributed by atoms with E-state index in [9.17, 15) is 17.6 Å². The van der Waals surface area contributed by atoms with Gasteiger partial charge in [-0.25, -0.2) is 12.8 Å². The lowest BCUT2D eigenvalue weighted by molar-refractivity contribution is -0.116. The fourth-order valence-electron chi connectivity index (χ4n) is 2.92. The molecule has 0 spiro atoms. The van der Waals surface area contributed by atoms with Crippen LogP contribution >= 0.6 is 34.8 Å². The minimum atomic E-state index is -4.13. The number of nitrogens with zero attached hydrogens (tertiary/aromatic N) is 1. The molecule has 0 heterocycles. The summed E-state index contributed by atoms with van der Waals surface area (Å²) in [5.41, 5.74) is 1.22. The first-order chi connectivity index (χ1) is 15.1. The second-order valence-corrected chi connectivity index (χ2v) is 10.1. The summed E-state index contributed by atoms with van der Waals surface area (Å²) in [6.07, 6.45) is 0. The van der Waals surface area contributed by atoms with Crippen LogP contribution < -0.4 is 5.32 Å². The molecular weight excluding hydrogens is 498 g/mol. The van der Waals surface area contributed by atoms with Crippen molar-refractivity contribution in [3.8, 4) is 0 Å². The molecule has 0 bridgehead atoms. The Morgan fingerprint density at radius 2 is 1.62 bits per heavy atom. The largest absolute Gasteiger partial charge is 0.325 e. The van der Waals surface area contributed by atoms with E-state index in [-0.39, 0.29) is 27.2 Å². The number of amides is 1. The normalized spacial score (nSPS) is 11.6. The molecule has 1 amide bonds. The van der Waals surface area contributed by atoms with Gasteiger partial charge in [-0.1, -0.05) is 46.9 Å². The van der Waals surface area contributed by atoms with E-state index in [1.165, 1.54) is 36.4 Å². The second-order valence-electron chi connectivity index (χ2n) is 6.93. The Kier molecular flexibility index (Phi) is 7.79. The number of sulfonamides is 1. The SMILES string of the molecule is Cc1ccc(F)cc1NC(=O)CN(Cc1c(Cl)cccc1Cl)S(=O)(=O)c1ccc(Cl)cc1. The molecule has 0 unspecified atom stereocenters. The minimum Gasteiger partial charge on any atom is -0.325 e. The van der Waals surface area contributed by atoms with Gasteiger partial charge in [-0.15, -0.1) is 0 Å². The van der Waals surface area contributed by atoms with Gasteiger partial charge in [0.15, 0.2) is 0 Å². The third kappa shape index (κ3) is 5.79. The third-order valence-electron chi connectivity index (χ3n) is 4.64. The lowest BCUT2D eigenvalue weighted by atomic mass is 10.2. The topological polar surface area (TPSA) is 66.5 Å². The van der Waals surface area contributed by atoms with Crippen molar-refractivity contribution in [1.29, 1.82) is 0 Å². The molecule has 0 fully saturated rings. The molecule has 0 saturated heterocycles. The van der Waals surface area contributed by atoms with E-state index in [0.29, 0.717) is 16.1 Å². The summed E-state index contributed by atoms with van der Waals surface area (Å²) >= 11 is 18.3. The fourth-order valence-corrected chi connectivity index (χ4v) is 4.93. The van der Waals surface area contributed by atoms with Crippen molar-refractivity contribution < 1.29 is 17.6 Å². The molecule has 0 aliphatic heterocycles. The standard InChI is InChI=1S/C22H18Cl3FN2O3S/c1-14-5-8-16(26)11-21(14)27-22(29)13-28(12-18-19(24)3-2-4-20(18)25)32(30,31)17-9-6-15(23)7-10-17/h2-11H,12-13H2,1H3,(H,27,29). The first kappa shape index (κ1) is 24.5. The van der Waals surface area contributed by atoms with Gasteiger partial charge in [-0.05, 0) is 61.0 Å². The van der Waals surface area contributed by atoms with Crippen LogP contribution in [0.2, 0.25) is 15.1 Å². The highest BCUT2D eigenvalue weighted by Gasteiger charge is 2.28. The molecule has 3 aromatic rings. The smallest absolute Gasteiger partial charge is 0.243 e. The Balaban J connectivity index is 1.95. The van der Waals surface area contributed by atoms with E-state index in [2.05, 4.69) is 5.32 Å². The van der Waals surface area contributed by atoms with Crippen LogP contribution in [0.5, 0.6) is 0 Å². The maximum Gasteiger partial charge on any atom is 0.243 e. The summed E-state index contributed by atoms with van der Waals surface area (Å²) in [5.74, 6) is -1.18. The first-order valence-electron chi connectivity index (χ1n) is 9.32. The van der Waals surface area contributed by atoms with Crippen LogP contribution in [0.4, 0.5) is 10.1 Å². The van der Waals surface area contributed by atoms with Crippen LogP contribution in [0.15, 0.2) is 65.6 Å². The zero-order chi connectivity index (χ0) is 23.5. The molecule has 0 aliphatic carbocycles. The van der Waals surface area contributed by atoms with Gasteiger partial charge in [0.25, 0.3) is 0 Å². The Hall–Kier alpha value is -2.16. The highest BCUT2D eigenvalue weighted by Crippen LogP contribution is 2.28. The number of hydrogen-bond acceptors (Lipinski definition) is 3. The van der Waals surface area contributed by atoms with Crippen LogP contribution in [0, 0.1) is 12.7 Å². The number of hydrogen-bond donors (Lipinski definition) is 1. The molecule has 3 rings (SSSR count). The molecule has 0 radical (unpaired) electrons. The summed E-state index contributed by atoms with van der Waals surface area (Å²) in [6, 6.07) is 14.3. The fraction of sp³-hybridized carbons (Fsp3) is 0.136. The summed E-state index contributed by atoms with van der Waals surface area (Å²) in [6.45, 7) is 0.891. The molecule has 0 aromatic heterocycles. The molecule has 0 aliphatic rings. The molecule has 1 N–H and O–H groups in total. The summed E-state index contributed by atoms with van der Waals surface area (Å²) < 4.78 is 41.2. The number of carbonyl (C=O) groups is 1. The molecule has 168 valence electrons. The van der Waals surface area contributed by atoms with Crippen molar-refractivity contribution in [3.05, 3.63) is 92.7 Å². The van der Waals surface area contributed by atoms with Crippen LogP contribution in [-0.2, 0) is 21.4 Å². The van der Waals surface area contributed by atoms with Crippen LogP contribution in [0.3, 0.4) is 0 Å². The molecule has 32 heavy (non-hydrogen) atoms. The number of anilines is 1. The molecular formula is C22H18Cl3FN2O3S. The van der Waals surface area contributed by atoms with Gasteiger partial charge >= 0.3 is 0 Å². The van der Waals surface area contributed by atoms with Gasteiger partial charge < -0.3 is 5.32 Å². The highest BCUT2D eigenvalue weighted by atomic mass is 35.5. The second kappa shape index (κ2) is 10.2. The number of benzene rings is 3. The highest BCUT2D eigenvalue weighted by molar-refractivity contribution is 7.89. The average molecular weight is 516 g/mol. The minimum absolute atomic E-state index is 0.0557. The van der Waals surface area contributed by atoms with Gasteiger partial charge in [-0.2, -0.15) is 4.31 Å². The molecule has 0 saturated carbocycles. The Morgan fingerprint density at radius 1 is 1.00 bits per heavy atom. The van der Waals surface area contributed by atoms with Crippen LogP contribution in [0.1, 0.15) is 11.1 Å². The maximum atomic E-state index is 13.6. The van der Waals surface area contributed by atoms with Crippen molar-refractivity contribution in [2.24, 2.45) is 0 Å². The van der Waals surface area contributed by atoms with Crippen molar-refractivity contribution >= 4 is 56.4 Å². The average Bonchev–Trinajstić information content (AvgIpc) is 2.73. The van der Waals surface area contributed by atoms with E-state index < -0.39 is 28.3 Å². The van der Waals surface area contributed by atoms with E-state index in [1.54, 1.807) is 25.1 Å². The van der Waals surface area contributed by atoms with Crippen molar-refractivity contribution in [3.63, 3.8) is 0 Å². The van der Waals surface area contributed by atoms with E-state index in [4.69, 9.17) is 34.8 Å². The van der Waals surface area contributed by atoms with Gasteiger partial charge in [0.2, 0.25) is 15.9 Å². The van der Waals surface area contributed by atoms with Gasteiger partial charge in [-0.3, -0.25) is 4.79 Å². The van der Waals surface area contributed by atoms with Crippen LogP contribution in [0.25, 0.3) is 0 Å². The molecule has 5 nitrogen and oxygen atoms in total. The molecule has 0 atom stereocenters. The van der Waals surface area contributed by atoms with Gasteiger partial charge in [0.1, 0.15) is 5.82 Å². The van der Waals surface area contributed by atoms with E-state index in [0.717, 1.165) is 10.4 Å². The van der Waals surface area contributed by atoms with Gasteiger partial charge in [0.05, 0.1) is 11.4 Å². The summed E-state index contributed by atoms with van der Waals surface area (Å²) in [4.78, 5) is 12.7. The van der Waals surface area contributed by atoms with Crippen LogP contribution in [-0.4, -0.2) is 25.2 Å². The monoisotopic (exact) mass is 514 g/mol. The van der Waals surface area contributed by atoms with Gasteiger partial charge in [0, 0.05) is 32.9 Å². The van der Waals surface area contributed by atoms with E-state index in [1.807, 2.05) is 0 Å². The van der Waals surface area contributed by atoms with E-state index >= 15 is 0 Å². The summed E-state index contributed by atoms with van der Waals surface area (Å²) in [5, 5.41) is 3.44. The van der Waals surface area contributed by atoms with Crippen molar-refractivity contribution in [2.45, 2.75) is 18.4 Å². The number of aryl methyl sites for hydroxylation is 1. The van der Waals surface area contributed by atoms with Crippen molar-refractivity contribution in [1.82, 2.24) is 4.31 Å². The number of rotatable bonds is 7. The number of nitrogens with one attached hydrogen (secondary N) is 1. The lowest BCUT2D eigenvalue weighted by Crippen LogP contribution is -2.37. The quantitative estimate of drug-likeness (QED) is 0.424. The third-order valence-corrected chi connectivity index (χ3v) is 7.41. The number of halogens is 4. The first-order valence-corrected chi connectivity index (χ1v) is 11.9. The zero-order valence-electron chi connectivity index (χ0n) is 16.8. The Labute approximate surface area is 200 Å². The predicted molar refractivity (Wildman–Crippen MR) is 125 cm³/mol. The summed E-state index contributed by atoms with van der Waals surface area (Å²) in [7, 11) is -4.13. The Morgan fingerprint density at radius 3 is 2.25 bits per heavy atom. The number of carbonyl (C=O) groups excluding carboxylic acids is 1. The Bertz CT molecular complexity index is 1230.